The summed E-state index contributed by atoms with van der Waals surface area (Å²) in [7, 11) is 0. The third kappa shape index (κ3) is 5.93. The molecular formula is C19H20BrN3O2S. The van der Waals surface area contributed by atoms with E-state index < -0.39 is 5.41 Å². The lowest BCUT2D eigenvalue weighted by Crippen LogP contribution is -2.34. The van der Waals surface area contributed by atoms with Crippen LogP contribution in [0.3, 0.4) is 0 Å². The van der Waals surface area contributed by atoms with Crippen LogP contribution in [0.1, 0.15) is 31.1 Å². The van der Waals surface area contributed by atoms with E-state index in [9.17, 15) is 9.59 Å². The second-order valence-corrected chi connectivity index (χ2v) is 8.02. The largest absolute Gasteiger partial charge is 0.332 e. The van der Waals surface area contributed by atoms with Gasteiger partial charge in [0.15, 0.2) is 5.11 Å². The molecule has 2 aromatic rings. The number of hydrogen-bond donors (Lipinski definition) is 3. The van der Waals surface area contributed by atoms with Gasteiger partial charge in [-0.1, -0.05) is 42.8 Å². The van der Waals surface area contributed by atoms with Gasteiger partial charge in [-0.2, -0.15) is 0 Å². The highest BCUT2D eigenvalue weighted by Crippen LogP contribution is 2.20. The van der Waals surface area contributed by atoms with Crippen LogP contribution in [0.25, 0.3) is 0 Å². The number of amides is 2. The van der Waals surface area contributed by atoms with Gasteiger partial charge in [0.1, 0.15) is 0 Å². The van der Waals surface area contributed by atoms with E-state index in [1.165, 1.54) is 0 Å². The van der Waals surface area contributed by atoms with Crippen LogP contribution in [0.15, 0.2) is 53.0 Å². The van der Waals surface area contributed by atoms with Gasteiger partial charge in [0.2, 0.25) is 5.91 Å². The quantitative estimate of drug-likeness (QED) is 0.620. The maximum absolute atomic E-state index is 12.2. The summed E-state index contributed by atoms with van der Waals surface area (Å²) < 4.78 is 0.892. The molecule has 0 aromatic heterocycles. The lowest BCUT2D eigenvalue weighted by molar-refractivity contribution is -0.123. The number of rotatable bonds is 3. The molecule has 0 unspecified atom stereocenters. The van der Waals surface area contributed by atoms with Crippen molar-refractivity contribution in [3.8, 4) is 0 Å². The third-order valence-electron chi connectivity index (χ3n) is 3.39. The molecule has 7 heteroatoms. The van der Waals surface area contributed by atoms with Gasteiger partial charge in [-0.25, -0.2) is 0 Å². The van der Waals surface area contributed by atoms with Crippen LogP contribution in [0.2, 0.25) is 0 Å². The van der Waals surface area contributed by atoms with Crippen LogP contribution in [0.5, 0.6) is 0 Å². The standard InChI is InChI=1S/C19H20BrN3O2S/c1-19(2,3)17(25)21-14-5-4-6-15(11-14)22-18(26)23-16(24)12-7-9-13(20)10-8-12/h4-11H,1-3H3,(H,21,25)(H2,22,23,24,26). The molecule has 3 N–H and O–H groups in total. The van der Waals surface area contributed by atoms with E-state index in [0.29, 0.717) is 16.9 Å². The summed E-state index contributed by atoms with van der Waals surface area (Å²) in [6.07, 6.45) is 0. The Morgan fingerprint density at radius 2 is 1.54 bits per heavy atom. The highest BCUT2D eigenvalue weighted by molar-refractivity contribution is 9.10. The molecule has 136 valence electrons. The van der Waals surface area contributed by atoms with Gasteiger partial charge in [-0.15, -0.1) is 0 Å². The Morgan fingerprint density at radius 3 is 2.12 bits per heavy atom. The maximum atomic E-state index is 12.2. The van der Waals surface area contributed by atoms with Gasteiger partial charge >= 0.3 is 0 Å². The zero-order chi connectivity index (χ0) is 19.3. The topological polar surface area (TPSA) is 70.2 Å². The summed E-state index contributed by atoms with van der Waals surface area (Å²) >= 11 is 8.51. The van der Waals surface area contributed by atoms with Crippen molar-refractivity contribution in [1.82, 2.24) is 5.32 Å². The van der Waals surface area contributed by atoms with E-state index in [1.807, 2.05) is 20.8 Å². The zero-order valence-corrected chi connectivity index (χ0v) is 17.1. The van der Waals surface area contributed by atoms with Gasteiger partial charge in [-0.3, -0.25) is 14.9 Å². The van der Waals surface area contributed by atoms with E-state index in [1.54, 1.807) is 48.5 Å². The molecule has 0 heterocycles. The number of carbonyl (C=O) groups is 2. The first-order valence-electron chi connectivity index (χ1n) is 7.94. The molecule has 26 heavy (non-hydrogen) atoms. The lowest BCUT2D eigenvalue weighted by Gasteiger charge is -2.18. The first-order valence-corrected chi connectivity index (χ1v) is 9.15. The Hall–Kier alpha value is -2.25. The Balaban J connectivity index is 1.98. The minimum Gasteiger partial charge on any atom is -0.332 e. The van der Waals surface area contributed by atoms with Crippen LogP contribution < -0.4 is 16.0 Å². The van der Waals surface area contributed by atoms with Crippen LogP contribution in [0, 0.1) is 5.41 Å². The number of thiocarbonyl (C=S) groups is 1. The maximum Gasteiger partial charge on any atom is 0.257 e. The van der Waals surface area contributed by atoms with Crippen LogP contribution in [-0.2, 0) is 4.79 Å². The van der Waals surface area contributed by atoms with E-state index in [2.05, 4.69) is 31.9 Å². The minimum atomic E-state index is -0.489. The molecule has 2 amide bonds. The fourth-order valence-electron chi connectivity index (χ4n) is 1.93. The van der Waals surface area contributed by atoms with Crippen LogP contribution in [-0.4, -0.2) is 16.9 Å². The Morgan fingerprint density at radius 1 is 0.962 bits per heavy atom. The summed E-state index contributed by atoms with van der Waals surface area (Å²) in [5, 5.41) is 8.60. The van der Waals surface area contributed by atoms with Crippen LogP contribution in [0.4, 0.5) is 11.4 Å². The van der Waals surface area contributed by atoms with Gasteiger partial charge in [0.25, 0.3) is 5.91 Å². The summed E-state index contributed by atoms with van der Waals surface area (Å²) in [5.74, 6) is -0.382. The second kappa shape index (κ2) is 8.42. The fourth-order valence-corrected chi connectivity index (χ4v) is 2.41. The molecule has 0 radical (unpaired) electrons. The molecule has 0 aliphatic rings. The molecule has 0 saturated heterocycles. The average molecular weight is 434 g/mol. The molecule has 0 aliphatic carbocycles. The van der Waals surface area contributed by atoms with Crippen molar-refractivity contribution in [2.45, 2.75) is 20.8 Å². The molecule has 5 nitrogen and oxygen atoms in total. The molecular weight excluding hydrogens is 414 g/mol. The summed E-state index contributed by atoms with van der Waals surface area (Å²) in [5.41, 5.74) is 1.33. The lowest BCUT2D eigenvalue weighted by atomic mass is 9.95. The van der Waals surface area contributed by atoms with Crippen molar-refractivity contribution >= 4 is 56.4 Å². The van der Waals surface area contributed by atoms with Crippen molar-refractivity contribution in [3.05, 3.63) is 58.6 Å². The summed E-state index contributed by atoms with van der Waals surface area (Å²) in [6.45, 7) is 5.53. The predicted molar refractivity (Wildman–Crippen MR) is 112 cm³/mol. The number of carbonyl (C=O) groups excluding carboxylic acids is 2. The van der Waals surface area contributed by atoms with Crippen molar-refractivity contribution in [1.29, 1.82) is 0 Å². The van der Waals surface area contributed by atoms with E-state index in [4.69, 9.17) is 12.2 Å². The normalized spacial score (nSPS) is 10.8. The Labute approximate surface area is 166 Å². The Bertz CT molecular complexity index is 829. The number of benzene rings is 2. The molecule has 0 saturated carbocycles. The molecule has 0 bridgehead atoms. The van der Waals surface area contributed by atoms with Gasteiger partial charge < -0.3 is 10.6 Å². The first-order chi connectivity index (χ1) is 12.1. The van der Waals surface area contributed by atoms with Gasteiger partial charge in [0.05, 0.1) is 0 Å². The SMILES string of the molecule is CC(C)(C)C(=O)Nc1cccc(NC(=S)NC(=O)c2ccc(Br)cc2)c1. The number of halogens is 1. The predicted octanol–water partition coefficient (Wildman–Crippen LogP) is 4.56. The molecule has 0 aliphatic heterocycles. The van der Waals surface area contributed by atoms with Gasteiger partial charge in [0, 0.05) is 26.8 Å². The van der Waals surface area contributed by atoms with Crippen molar-refractivity contribution in [3.63, 3.8) is 0 Å². The van der Waals surface area contributed by atoms with Crippen molar-refractivity contribution in [2.75, 3.05) is 10.6 Å². The molecule has 2 rings (SSSR count). The highest BCUT2D eigenvalue weighted by Gasteiger charge is 2.21. The summed E-state index contributed by atoms with van der Waals surface area (Å²) in [6, 6.07) is 14.1. The monoisotopic (exact) mass is 433 g/mol. The van der Waals surface area contributed by atoms with Gasteiger partial charge in [-0.05, 0) is 54.7 Å². The number of nitrogens with one attached hydrogen (secondary N) is 3. The average Bonchev–Trinajstić information content (AvgIpc) is 2.54. The molecule has 0 atom stereocenters. The number of hydrogen-bond acceptors (Lipinski definition) is 3. The van der Waals surface area contributed by atoms with Crippen molar-refractivity contribution < 1.29 is 9.59 Å². The third-order valence-corrected chi connectivity index (χ3v) is 4.13. The second-order valence-electron chi connectivity index (χ2n) is 6.70. The molecule has 0 fully saturated rings. The fraction of sp³-hybridized carbons (Fsp3) is 0.211. The zero-order valence-electron chi connectivity index (χ0n) is 14.7. The van der Waals surface area contributed by atoms with E-state index in [0.717, 1.165) is 4.47 Å². The minimum absolute atomic E-state index is 0.0826. The molecule has 0 spiro atoms. The molecule has 2 aromatic carbocycles. The summed E-state index contributed by atoms with van der Waals surface area (Å²) in [4.78, 5) is 24.2. The Kier molecular flexibility index (Phi) is 6.50. The van der Waals surface area contributed by atoms with E-state index in [-0.39, 0.29) is 16.9 Å². The first kappa shape index (κ1) is 20.1. The smallest absolute Gasteiger partial charge is 0.257 e. The highest BCUT2D eigenvalue weighted by atomic mass is 79.9. The number of anilines is 2. The van der Waals surface area contributed by atoms with E-state index >= 15 is 0 Å². The van der Waals surface area contributed by atoms with Crippen LogP contribution >= 0.6 is 28.1 Å². The van der Waals surface area contributed by atoms with Crippen molar-refractivity contribution in [2.24, 2.45) is 5.41 Å².